The second-order valence-corrected chi connectivity index (χ2v) is 1.48. The van der Waals surface area contributed by atoms with Crippen LogP contribution in [0.4, 0.5) is 0 Å². The molecular formula is C6H12N2. The highest BCUT2D eigenvalue weighted by molar-refractivity contribution is 5.92. The van der Waals surface area contributed by atoms with Gasteiger partial charge in [0.1, 0.15) is 0 Å². The molecule has 0 radical (unpaired) electrons. The molecule has 0 aromatic heterocycles. The van der Waals surface area contributed by atoms with Crippen molar-refractivity contribution in [2.75, 3.05) is 6.67 Å². The van der Waals surface area contributed by atoms with E-state index in [2.05, 4.69) is 4.99 Å². The topological polar surface area (TPSA) is 38.4 Å². The van der Waals surface area contributed by atoms with Gasteiger partial charge in [-0.3, -0.25) is 4.99 Å². The fourth-order valence-electron chi connectivity index (χ4n) is 0.438. The molecule has 0 bridgehead atoms. The number of hydrogen-bond acceptors (Lipinski definition) is 2. The van der Waals surface area contributed by atoms with Crippen molar-refractivity contribution in [1.29, 1.82) is 0 Å². The van der Waals surface area contributed by atoms with Gasteiger partial charge >= 0.3 is 0 Å². The van der Waals surface area contributed by atoms with Crippen LogP contribution in [0.15, 0.2) is 17.1 Å². The molecule has 0 saturated heterocycles. The van der Waals surface area contributed by atoms with Crippen LogP contribution < -0.4 is 5.73 Å². The molecular weight excluding hydrogens is 100 g/mol. The van der Waals surface area contributed by atoms with Gasteiger partial charge in [0.2, 0.25) is 0 Å². The lowest BCUT2D eigenvalue weighted by Crippen LogP contribution is -1.97. The van der Waals surface area contributed by atoms with Crippen molar-refractivity contribution in [2.24, 2.45) is 10.7 Å². The molecule has 2 nitrogen and oxygen atoms in total. The molecule has 0 saturated carbocycles. The molecule has 0 aliphatic heterocycles. The summed E-state index contributed by atoms with van der Waals surface area (Å²) in [5.74, 6) is 0. The number of nitrogens with two attached hydrogens (primary N) is 1. The van der Waals surface area contributed by atoms with Crippen molar-refractivity contribution in [1.82, 2.24) is 0 Å². The van der Waals surface area contributed by atoms with Gasteiger partial charge in [-0.1, -0.05) is 6.08 Å². The average Bonchev–Trinajstić information content (AvgIpc) is 1.68. The highest BCUT2D eigenvalue weighted by Crippen LogP contribution is 1.77. The lowest BCUT2D eigenvalue weighted by molar-refractivity contribution is 1.07. The van der Waals surface area contributed by atoms with Gasteiger partial charge in [-0.25, -0.2) is 0 Å². The average molecular weight is 112 g/mol. The van der Waals surface area contributed by atoms with Gasteiger partial charge in [-0.2, -0.15) is 0 Å². The summed E-state index contributed by atoms with van der Waals surface area (Å²) in [7, 11) is 0. The van der Waals surface area contributed by atoms with E-state index in [4.69, 9.17) is 5.73 Å². The number of allylic oxidation sites excluding steroid dienone is 2. The van der Waals surface area contributed by atoms with Crippen LogP contribution in [0.5, 0.6) is 0 Å². The molecule has 0 fully saturated rings. The summed E-state index contributed by atoms with van der Waals surface area (Å²) >= 11 is 0. The molecule has 0 rings (SSSR count). The Morgan fingerprint density at radius 1 is 1.75 bits per heavy atom. The van der Waals surface area contributed by atoms with Gasteiger partial charge in [0, 0.05) is 5.71 Å². The quantitative estimate of drug-likeness (QED) is 0.530. The first-order chi connectivity index (χ1) is 3.81. The molecule has 0 heterocycles. The van der Waals surface area contributed by atoms with Crippen LogP contribution in [0.25, 0.3) is 0 Å². The van der Waals surface area contributed by atoms with Crippen LogP contribution in [0.1, 0.15) is 13.8 Å². The summed E-state index contributed by atoms with van der Waals surface area (Å²) in [4.78, 5) is 3.92. The lowest BCUT2D eigenvalue weighted by Gasteiger charge is -1.85. The predicted molar refractivity (Wildman–Crippen MR) is 37.0 cm³/mol. The van der Waals surface area contributed by atoms with Gasteiger partial charge < -0.3 is 5.73 Å². The number of rotatable bonds is 2. The first-order valence-electron chi connectivity index (χ1n) is 2.65. The Morgan fingerprint density at radius 2 is 2.38 bits per heavy atom. The third kappa shape index (κ3) is 3.56. The Kier molecular flexibility index (Phi) is 4.17. The highest BCUT2D eigenvalue weighted by Gasteiger charge is 1.75. The van der Waals surface area contributed by atoms with Crippen molar-refractivity contribution in [3.8, 4) is 0 Å². The zero-order valence-corrected chi connectivity index (χ0v) is 5.39. The standard InChI is InChI=1S/C6H12N2/c1-3-4-6(2)8-5-7/h3-4H,5,7H2,1-2H3/b4-3+,8-6?. The fourth-order valence-corrected chi connectivity index (χ4v) is 0.438. The molecule has 46 valence electrons. The Hall–Kier alpha value is -0.630. The monoisotopic (exact) mass is 112 g/mol. The zero-order valence-electron chi connectivity index (χ0n) is 5.39. The highest BCUT2D eigenvalue weighted by atomic mass is 14.9. The first-order valence-corrected chi connectivity index (χ1v) is 2.65. The second kappa shape index (κ2) is 4.53. The van der Waals surface area contributed by atoms with Gasteiger partial charge in [0.25, 0.3) is 0 Å². The molecule has 0 amide bonds. The number of aliphatic imine (C=N–C) groups is 1. The van der Waals surface area contributed by atoms with E-state index in [-0.39, 0.29) is 0 Å². The largest absolute Gasteiger partial charge is 0.312 e. The molecule has 0 aromatic rings. The van der Waals surface area contributed by atoms with Crippen LogP contribution in [-0.4, -0.2) is 12.4 Å². The maximum Gasteiger partial charge on any atom is 0.0862 e. The molecule has 0 unspecified atom stereocenters. The zero-order chi connectivity index (χ0) is 6.41. The van der Waals surface area contributed by atoms with Gasteiger partial charge in [-0.05, 0) is 19.9 Å². The molecule has 0 atom stereocenters. The van der Waals surface area contributed by atoms with Gasteiger partial charge in [0.15, 0.2) is 0 Å². The third-order valence-electron chi connectivity index (χ3n) is 0.749. The van der Waals surface area contributed by atoms with E-state index in [0.717, 1.165) is 5.71 Å². The summed E-state index contributed by atoms with van der Waals surface area (Å²) in [5, 5.41) is 0. The van der Waals surface area contributed by atoms with E-state index >= 15 is 0 Å². The Morgan fingerprint density at radius 3 is 2.75 bits per heavy atom. The lowest BCUT2D eigenvalue weighted by atomic mass is 10.4. The Balaban J connectivity index is 3.61. The van der Waals surface area contributed by atoms with Crippen molar-refractivity contribution in [3.05, 3.63) is 12.2 Å². The van der Waals surface area contributed by atoms with Crippen LogP contribution in [0.3, 0.4) is 0 Å². The maximum atomic E-state index is 5.14. The molecule has 0 aliphatic carbocycles. The van der Waals surface area contributed by atoms with Crippen molar-refractivity contribution >= 4 is 5.71 Å². The first kappa shape index (κ1) is 7.37. The van der Waals surface area contributed by atoms with Crippen molar-refractivity contribution < 1.29 is 0 Å². The normalized spacial score (nSPS) is 13.1. The molecule has 0 spiro atoms. The summed E-state index contributed by atoms with van der Waals surface area (Å²) in [5.41, 5.74) is 6.12. The van der Waals surface area contributed by atoms with Crippen LogP contribution in [0.2, 0.25) is 0 Å². The van der Waals surface area contributed by atoms with Crippen molar-refractivity contribution in [2.45, 2.75) is 13.8 Å². The SMILES string of the molecule is C/C=C/C(C)=NCN. The summed E-state index contributed by atoms with van der Waals surface area (Å²) in [6.45, 7) is 4.26. The third-order valence-corrected chi connectivity index (χ3v) is 0.749. The minimum atomic E-state index is 0.385. The fraction of sp³-hybridized carbons (Fsp3) is 0.500. The smallest absolute Gasteiger partial charge is 0.0862 e. The van der Waals surface area contributed by atoms with Gasteiger partial charge in [-0.15, -0.1) is 0 Å². The maximum absolute atomic E-state index is 5.14. The minimum Gasteiger partial charge on any atom is -0.312 e. The van der Waals surface area contributed by atoms with E-state index in [0.29, 0.717) is 6.67 Å². The van der Waals surface area contributed by atoms with Crippen LogP contribution in [-0.2, 0) is 0 Å². The number of nitrogens with zero attached hydrogens (tertiary/aromatic N) is 1. The molecule has 2 heteroatoms. The summed E-state index contributed by atoms with van der Waals surface area (Å²) < 4.78 is 0. The van der Waals surface area contributed by atoms with Crippen molar-refractivity contribution in [3.63, 3.8) is 0 Å². The van der Waals surface area contributed by atoms with Crippen LogP contribution >= 0.6 is 0 Å². The summed E-state index contributed by atoms with van der Waals surface area (Å²) in [6, 6.07) is 0. The molecule has 0 aliphatic rings. The summed E-state index contributed by atoms with van der Waals surface area (Å²) in [6.07, 6.45) is 3.86. The van der Waals surface area contributed by atoms with E-state index in [9.17, 15) is 0 Å². The van der Waals surface area contributed by atoms with Gasteiger partial charge in [0.05, 0.1) is 6.67 Å². The minimum absolute atomic E-state index is 0.385. The number of hydrogen-bond donors (Lipinski definition) is 1. The molecule has 2 N–H and O–H groups in total. The Labute approximate surface area is 50.1 Å². The predicted octanol–water partition coefficient (Wildman–Crippen LogP) is 0.940. The van der Waals surface area contributed by atoms with E-state index in [1.165, 1.54) is 0 Å². The van der Waals surface area contributed by atoms with E-state index in [1.54, 1.807) is 0 Å². The second-order valence-electron chi connectivity index (χ2n) is 1.48. The van der Waals surface area contributed by atoms with Crippen LogP contribution in [0, 0.1) is 0 Å². The van der Waals surface area contributed by atoms with E-state index in [1.807, 2.05) is 26.0 Å². The van der Waals surface area contributed by atoms with E-state index < -0.39 is 0 Å². The molecule has 0 aromatic carbocycles. The Bertz CT molecular complexity index is 103. The molecule has 8 heavy (non-hydrogen) atoms.